The molecule has 1 atom stereocenters. The van der Waals surface area contributed by atoms with Gasteiger partial charge in [0, 0.05) is 61.5 Å². The average molecular weight is 513 g/mol. The number of amides is 2. The molecule has 1 unspecified atom stereocenters. The van der Waals surface area contributed by atoms with Gasteiger partial charge in [0.2, 0.25) is 11.8 Å². The Balaban J connectivity index is 1.01. The number of imide groups is 1. The molecule has 0 saturated carbocycles. The average Bonchev–Trinajstić information content (AvgIpc) is 3.26. The first-order valence-corrected chi connectivity index (χ1v) is 13.5. The molecule has 5 rings (SSSR count). The van der Waals surface area contributed by atoms with Gasteiger partial charge in [0.15, 0.2) is 0 Å². The zero-order chi connectivity index (χ0) is 25.8. The quantitative estimate of drug-likeness (QED) is 0.148. The minimum atomic E-state index is -0.500. The Kier molecular flexibility index (Phi) is 7.64. The number of carbonyl (C=O) groups is 4. The van der Waals surface area contributed by atoms with Gasteiger partial charge in [-0.3, -0.25) is 24.6 Å². The van der Waals surface area contributed by atoms with Gasteiger partial charge >= 0.3 is 12.4 Å². The number of carbonyl (C=O) groups excluding carboxylic acids is 4. The first-order valence-electron chi connectivity index (χ1n) is 13.5. The molecular formula is C27H36N4O6. The Bertz CT molecular complexity index is 1030. The first-order chi connectivity index (χ1) is 18.0. The number of nitrogens with one attached hydrogen (secondary N) is 1. The van der Waals surface area contributed by atoms with Crippen molar-refractivity contribution in [2.24, 2.45) is 5.41 Å². The van der Waals surface area contributed by atoms with Crippen LogP contribution < -0.4 is 15.1 Å². The van der Waals surface area contributed by atoms with Gasteiger partial charge < -0.3 is 14.7 Å². The highest BCUT2D eigenvalue weighted by atomic mass is 17.2. The summed E-state index contributed by atoms with van der Waals surface area (Å²) in [6.45, 7) is 6.53. The first kappa shape index (κ1) is 25.5. The lowest BCUT2D eigenvalue weighted by molar-refractivity contribution is -0.248. The highest BCUT2D eigenvalue weighted by Crippen LogP contribution is 2.46. The van der Waals surface area contributed by atoms with Crippen LogP contribution >= 0.6 is 0 Å². The summed E-state index contributed by atoms with van der Waals surface area (Å²) in [6.07, 6.45) is 7.33. The van der Waals surface area contributed by atoms with Gasteiger partial charge in [-0.15, -0.1) is 0 Å². The predicted octanol–water partition coefficient (Wildman–Crippen LogP) is 1.95. The molecule has 0 radical (unpaired) electrons. The molecule has 3 fully saturated rings. The van der Waals surface area contributed by atoms with E-state index in [-0.39, 0.29) is 30.7 Å². The van der Waals surface area contributed by atoms with E-state index in [2.05, 4.69) is 48.0 Å². The molecule has 1 spiro atoms. The second-order valence-corrected chi connectivity index (χ2v) is 10.9. The lowest BCUT2D eigenvalue weighted by atomic mass is 9.72. The Hall–Kier alpha value is -3.14. The fourth-order valence-electron chi connectivity index (χ4n) is 6.48. The normalized spacial score (nSPS) is 22.2. The molecule has 2 amide bonds. The van der Waals surface area contributed by atoms with E-state index in [1.165, 1.54) is 17.7 Å². The van der Waals surface area contributed by atoms with Gasteiger partial charge in [0.05, 0.1) is 6.42 Å². The maximum atomic E-state index is 12.4. The van der Waals surface area contributed by atoms with E-state index in [1.807, 2.05) is 0 Å². The Morgan fingerprint density at radius 3 is 2.57 bits per heavy atom. The number of hydrogen-bond acceptors (Lipinski definition) is 9. The number of piperidine rings is 1. The van der Waals surface area contributed by atoms with Gasteiger partial charge in [-0.2, -0.15) is 0 Å². The Morgan fingerprint density at radius 2 is 1.78 bits per heavy atom. The molecule has 4 heterocycles. The maximum Gasteiger partial charge on any atom is 0.355 e. The molecule has 10 nitrogen and oxygen atoms in total. The number of anilines is 2. The van der Waals surface area contributed by atoms with Crippen molar-refractivity contribution in [2.75, 3.05) is 49.1 Å². The second-order valence-electron chi connectivity index (χ2n) is 10.9. The SMILES string of the molecule is O=COOC(=O)CCCCCCCN1CC2(C1)CN(c1cccc3c1CCN3C1CCC(=O)NC1=O)C2. The van der Waals surface area contributed by atoms with Crippen molar-refractivity contribution in [3.05, 3.63) is 23.8 Å². The van der Waals surface area contributed by atoms with Crippen LogP contribution in [0.15, 0.2) is 18.2 Å². The molecule has 0 aromatic heterocycles. The number of benzene rings is 1. The minimum absolute atomic E-state index is 0.103. The van der Waals surface area contributed by atoms with Crippen LogP contribution in [0.5, 0.6) is 0 Å². The third-order valence-electron chi connectivity index (χ3n) is 8.17. The summed E-state index contributed by atoms with van der Waals surface area (Å²) in [5.74, 6) is -0.838. The summed E-state index contributed by atoms with van der Waals surface area (Å²) in [6, 6.07) is 6.17. The van der Waals surface area contributed by atoms with Crippen LogP contribution in [0.3, 0.4) is 0 Å². The second kappa shape index (κ2) is 11.1. The van der Waals surface area contributed by atoms with Crippen molar-refractivity contribution < 1.29 is 29.0 Å². The van der Waals surface area contributed by atoms with Crippen LogP contribution in [0.4, 0.5) is 11.4 Å². The summed E-state index contributed by atoms with van der Waals surface area (Å²) in [5, 5.41) is 2.50. The number of fused-ring (bicyclic) bond motifs is 1. The maximum absolute atomic E-state index is 12.4. The van der Waals surface area contributed by atoms with Gasteiger partial charge in [-0.1, -0.05) is 25.3 Å². The van der Waals surface area contributed by atoms with E-state index < -0.39 is 5.97 Å². The van der Waals surface area contributed by atoms with Gasteiger partial charge in [0.1, 0.15) is 6.04 Å². The summed E-state index contributed by atoms with van der Waals surface area (Å²) in [5.41, 5.74) is 4.20. The Labute approximate surface area is 217 Å². The van der Waals surface area contributed by atoms with Crippen LogP contribution in [-0.4, -0.2) is 74.5 Å². The third-order valence-corrected chi connectivity index (χ3v) is 8.17. The standard InChI is InChI=1S/C27H36N4O6/c32-19-36-37-25(34)9-4-2-1-3-5-13-29-15-27(16-29)17-30(18-27)21-7-6-8-22-20(21)12-14-31(22)23-10-11-24(33)28-26(23)35/h6-8,19,23H,1-5,9-18H2,(H,28,33,35). The van der Waals surface area contributed by atoms with Crippen LogP contribution in [0.25, 0.3) is 0 Å². The summed E-state index contributed by atoms with van der Waals surface area (Å²) >= 11 is 0. The van der Waals surface area contributed by atoms with Crippen molar-refractivity contribution in [2.45, 2.75) is 63.8 Å². The minimum Gasteiger partial charge on any atom is -0.370 e. The molecule has 1 aromatic carbocycles. The van der Waals surface area contributed by atoms with Crippen molar-refractivity contribution >= 4 is 35.6 Å². The molecule has 37 heavy (non-hydrogen) atoms. The van der Waals surface area contributed by atoms with Crippen LogP contribution in [0, 0.1) is 5.41 Å². The summed E-state index contributed by atoms with van der Waals surface area (Å²) in [7, 11) is 0. The molecule has 4 aliphatic heterocycles. The fourth-order valence-corrected chi connectivity index (χ4v) is 6.48. The molecule has 1 aromatic rings. The molecule has 0 bridgehead atoms. The van der Waals surface area contributed by atoms with E-state index in [1.54, 1.807) is 0 Å². The molecule has 4 aliphatic rings. The number of nitrogens with zero attached hydrogens (tertiary/aromatic N) is 3. The van der Waals surface area contributed by atoms with Gasteiger partial charge in [-0.05, 0) is 44.4 Å². The van der Waals surface area contributed by atoms with E-state index in [4.69, 9.17) is 0 Å². The van der Waals surface area contributed by atoms with E-state index in [9.17, 15) is 19.2 Å². The topological polar surface area (TPSA) is 108 Å². The highest BCUT2D eigenvalue weighted by Gasteiger charge is 2.52. The van der Waals surface area contributed by atoms with E-state index >= 15 is 0 Å². The highest BCUT2D eigenvalue weighted by molar-refractivity contribution is 6.02. The van der Waals surface area contributed by atoms with E-state index in [0.717, 1.165) is 77.1 Å². The van der Waals surface area contributed by atoms with Crippen molar-refractivity contribution in [1.82, 2.24) is 10.2 Å². The van der Waals surface area contributed by atoms with Crippen molar-refractivity contribution in [1.29, 1.82) is 0 Å². The van der Waals surface area contributed by atoms with Gasteiger partial charge in [0.25, 0.3) is 0 Å². The molecule has 200 valence electrons. The monoisotopic (exact) mass is 512 g/mol. The summed E-state index contributed by atoms with van der Waals surface area (Å²) < 4.78 is 0. The zero-order valence-electron chi connectivity index (χ0n) is 21.3. The van der Waals surface area contributed by atoms with Crippen LogP contribution in [-0.2, 0) is 35.4 Å². The van der Waals surface area contributed by atoms with E-state index in [0.29, 0.717) is 18.3 Å². The fraction of sp³-hybridized carbons (Fsp3) is 0.630. The summed E-state index contributed by atoms with van der Waals surface area (Å²) in [4.78, 5) is 60.7. The molecular weight excluding hydrogens is 476 g/mol. The lowest BCUT2D eigenvalue weighted by Gasteiger charge is -2.61. The number of likely N-dealkylation sites (tertiary alicyclic amines) is 1. The molecule has 1 N–H and O–H groups in total. The third kappa shape index (κ3) is 5.58. The molecule has 3 saturated heterocycles. The van der Waals surface area contributed by atoms with Gasteiger partial charge in [-0.25, -0.2) is 9.68 Å². The van der Waals surface area contributed by atoms with Crippen molar-refractivity contribution in [3.63, 3.8) is 0 Å². The van der Waals surface area contributed by atoms with Crippen LogP contribution in [0.2, 0.25) is 0 Å². The smallest absolute Gasteiger partial charge is 0.355 e. The number of rotatable bonds is 12. The largest absolute Gasteiger partial charge is 0.370 e. The van der Waals surface area contributed by atoms with Crippen molar-refractivity contribution in [3.8, 4) is 0 Å². The lowest BCUT2D eigenvalue weighted by Crippen LogP contribution is -2.72. The zero-order valence-corrected chi connectivity index (χ0v) is 21.3. The molecule has 0 aliphatic carbocycles. The molecule has 10 heteroatoms. The predicted molar refractivity (Wildman–Crippen MR) is 136 cm³/mol. The Morgan fingerprint density at radius 1 is 1.03 bits per heavy atom. The van der Waals surface area contributed by atoms with Crippen LogP contribution in [0.1, 0.15) is 56.9 Å². The number of hydrogen-bond donors (Lipinski definition) is 1. The number of unbranched alkanes of at least 4 members (excludes halogenated alkanes) is 4.